The molecular formula is C29H26N4O4S. The van der Waals surface area contributed by atoms with Crippen molar-refractivity contribution in [2.45, 2.75) is 13.2 Å². The number of nitrogens with zero attached hydrogens (tertiary/aromatic N) is 2. The highest BCUT2D eigenvalue weighted by molar-refractivity contribution is 7.92. The van der Waals surface area contributed by atoms with Crippen molar-refractivity contribution in [2.24, 2.45) is 0 Å². The Labute approximate surface area is 220 Å². The van der Waals surface area contributed by atoms with E-state index in [-0.39, 0.29) is 5.56 Å². The number of anilines is 2. The van der Waals surface area contributed by atoms with Gasteiger partial charge in [-0.2, -0.15) is 0 Å². The summed E-state index contributed by atoms with van der Waals surface area (Å²) in [6.07, 6.45) is 3.31. The lowest BCUT2D eigenvalue weighted by molar-refractivity contribution is 0.252. The van der Waals surface area contributed by atoms with E-state index in [4.69, 9.17) is 0 Å². The molecule has 3 aromatic carbocycles. The Balaban J connectivity index is 1.69. The molecule has 2 aromatic heterocycles. The highest BCUT2D eigenvalue weighted by atomic mass is 32.2. The van der Waals surface area contributed by atoms with Crippen LogP contribution in [0.5, 0.6) is 0 Å². The first-order valence-electron chi connectivity index (χ1n) is 11.8. The second-order valence-corrected chi connectivity index (χ2v) is 10.8. The summed E-state index contributed by atoms with van der Waals surface area (Å²) in [6.45, 7) is 5.52. The lowest BCUT2D eigenvalue weighted by Gasteiger charge is -2.17. The van der Waals surface area contributed by atoms with E-state index in [9.17, 15) is 18.3 Å². The second kappa shape index (κ2) is 9.77. The Morgan fingerprint density at radius 1 is 1.00 bits per heavy atom. The summed E-state index contributed by atoms with van der Waals surface area (Å²) >= 11 is 0. The van der Waals surface area contributed by atoms with E-state index < -0.39 is 16.3 Å². The Morgan fingerprint density at radius 3 is 2.45 bits per heavy atom. The first-order valence-corrected chi connectivity index (χ1v) is 13.7. The van der Waals surface area contributed by atoms with E-state index in [0.717, 1.165) is 39.2 Å². The number of fused-ring (bicyclic) bond motifs is 3. The Kier molecular flexibility index (Phi) is 6.48. The highest BCUT2D eigenvalue weighted by Crippen LogP contribution is 2.31. The van der Waals surface area contributed by atoms with Crippen LogP contribution in [0.3, 0.4) is 0 Å². The van der Waals surface area contributed by atoms with Crippen molar-refractivity contribution < 1.29 is 13.5 Å². The molecule has 1 unspecified atom stereocenters. The van der Waals surface area contributed by atoms with Crippen LogP contribution < -0.4 is 15.6 Å². The molecule has 0 spiro atoms. The quantitative estimate of drug-likeness (QED) is 0.159. The molecule has 5 aromatic rings. The zero-order chi connectivity index (χ0) is 27.0. The number of pyridine rings is 2. The van der Waals surface area contributed by atoms with Crippen molar-refractivity contribution in [3.8, 4) is 16.8 Å². The average Bonchev–Trinajstić information content (AvgIpc) is 2.89. The van der Waals surface area contributed by atoms with Crippen LogP contribution in [0.1, 0.15) is 5.56 Å². The first-order chi connectivity index (χ1) is 18.1. The van der Waals surface area contributed by atoms with Gasteiger partial charge in [0, 0.05) is 34.4 Å². The minimum Gasteiger partial charge on any atom is -0.370 e. The van der Waals surface area contributed by atoms with E-state index in [0.29, 0.717) is 22.6 Å². The second-order valence-electron chi connectivity index (χ2n) is 9.08. The van der Waals surface area contributed by atoms with Gasteiger partial charge in [-0.05, 0) is 72.2 Å². The van der Waals surface area contributed by atoms with Crippen molar-refractivity contribution in [1.82, 2.24) is 9.55 Å². The molecule has 38 heavy (non-hydrogen) atoms. The number of aliphatic hydroxyl groups excluding tert-OH is 1. The van der Waals surface area contributed by atoms with Crippen molar-refractivity contribution in [3.63, 3.8) is 0 Å². The molecule has 0 bridgehead atoms. The van der Waals surface area contributed by atoms with Crippen molar-refractivity contribution in [1.29, 1.82) is 0 Å². The summed E-state index contributed by atoms with van der Waals surface area (Å²) in [6, 6.07) is 21.8. The Bertz CT molecular complexity index is 1860. The largest absolute Gasteiger partial charge is 0.370 e. The van der Waals surface area contributed by atoms with Crippen molar-refractivity contribution in [2.75, 3.05) is 16.3 Å². The molecule has 0 saturated carbocycles. The van der Waals surface area contributed by atoms with Gasteiger partial charge in [0.15, 0.2) is 0 Å². The maximum absolute atomic E-state index is 13.3. The lowest BCUT2D eigenvalue weighted by atomic mass is 10.0. The van der Waals surface area contributed by atoms with Gasteiger partial charge in [0.1, 0.15) is 6.23 Å². The van der Waals surface area contributed by atoms with E-state index in [1.165, 1.54) is 12.1 Å². The normalized spacial score (nSPS) is 12.4. The number of nitrogens with one attached hydrogen (secondary N) is 2. The predicted octanol–water partition coefficient (Wildman–Crippen LogP) is 4.80. The summed E-state index contributed by atoms with van der Waals surface area (Å²) in [7, 11) is -3.37. The molecule has 0 radical (unpaired) electrons. The predicted molar refractivity (Wildman–Crippen MR) is 153 cm³/mol. The van der Waals surface area contributed by atoms with E-state index in [2.05, 4.69) is 21.6 Å². The molecule has 0 aliphatic rings. The minimum absolute atomic E-state index is 0.203. The van der Waals surface area contributed by atoms with Gasteiger partial charge in [-0.3, -0.25) is 19.1 Å². The molecule has 2 heterocycles. The van der Waals surface area contributed by atoms with Gasteiger partial charge in [0.2, 0.25) is 10.0 Å². The number of aryl methyl sites for hydroxylation is 1. The summed E-state index contributed by atoms with van der Waals surface area (Å²) in [5, 5.41) is 14.6. The number of sulfonamides is 1. The molecule has 192 valence electrons. The zero-order valence-electron chi connectivity index (χ0n) is 20.8. The molecule has 3 N–H and O–H groups in total. The fourth-order valence-corrected chi connectivity index (χ4v) is 4.98. The molecule has 9 heteroatoms. The standard InChI is InChI=1S/C29H26N4O4S/c1-4-27(34)31-26-16-23(12-5-18(26)2)33-28(35)14-9-21-17-30-25-13-8-20(15-24(25)29(21)33)19-6-10-22(11-7-19)32-38(3,36)37/h4-17,27,31-32,34H,1H2,2-3H3. The molecule has 8 nitrogen and oxygen atoms in total. The summed E-state index contributed by atoms with van der Waals surface area (Å²) < 4.78 is 27.2. The molecule has 0 fully saturated rings. The minimum atomic E-state index is -3.37. The summed E-state index contributed by atoms with van der Waals surface area (Å²) in [5.41, 5.74) is 5.70. The zero-order valence-corrected chi connectivity index (χ0v) is 21.7. The fraction of sp³-hybridized carbons (Fsp3) is 0.103. The van der Waals surface area contributed by atoms with Crippen LogP contribution in [0.4, 0.5) is 11.4 Å². The van der Waals surface area contributed by atoms with Gasteiger partial charge >= 0.3 is 0 Å². The number of hydrogen-bond donors (Lipinski definition) is 3. The molecule has 1 atom stereocenters. The summed E-state index contributed by atoms with van der Waals surface area (Å²) in [5.74, 6) is 0. The highest BCUT2D eigenvalue weighted by Gasteiger charge is 2.13. The van der Waals surface area contributed by atoms with Crippen LogP contribution >= 0.6 is 0 Å². The van der Waals surface area contributed by atoms with E-state index in [1.54, 1.807) is 29.0 Å². The molecular weight excluding hydrogens is 500 g/mol. The van der Waals surface area contributed by atoms with Crippen molar-refractivity contribution in [3.05, 3.63) is 108 Å². The SMILES string of the molecule is C=CC(O)Nc1cc(-n2c(=O)ccc3cnc4ccc(-c5ccc(NS(C)(=O)=O)cc5)cc4c32)ccc1C. The van der Waals surface area contributed by atoms with Gasteiger partial charge in [0.05, 0.1) is 23.0 Å². The molecule has 0 saturated heterocycles. The Morgan fingerprint density at radius 2 is 1.74 bits per heavy atom. The molecule has 5 rings (SSSR count). The number of aliphatic hydroxyl groups is 1. The Hall–Kier alpha value is -4.47. The maximum Gasteiger partial charge on any atom is 0.255 e. The summed E-state index contributed by atoms with van der Waals surface area (Å²) in [4.78, 5) is 17.9. The van der Waals surface area contributed by atoms with E-state index in [1.807, 2.05) is 55.5 Å². The van der Waals surface area contributed by atoms with Gasteiger partial charge < -0.3 is 10.4 Å². The van der Waals surface area contributed by atoms with Crippen LogP contribution in [0.15, 0.2) is 96.4 Å². The van der Waals surface area contributed by atoms with Gasteiger partial charge in [-0.1, -0.05) is 30.8 Å². The van der Waals surface area contributed by atoms with Crippen LogP contribution in [0.25, 0.3) is 38.6 Å². The number of rotatable bonds is 7. The lowest BCUT2D eigenvalue weighted by Crippen LogP contribution is -2.19. The third kappa shape index (κ3) is 5.02. The smallest absolute Gasteiger partial charge is 0.255 e. The van der Waals surface area contributed by atoms with Gasteiger partial charge in [0.25, 0.3) is 5.56 Å². The number of hydrogen-bond acceptors (Lipinski definition) is 6. The van der Waals surface area contributed by atoms with Gasteiger partial charge in [-0.15, -0.1) is 0 Å². The number of benzene rings is 3. The maximum atomic E-state index is 13.3. The first kappa shape index (κ1) is 25.2. The third-order valence-corrected chi connectivity index (χ3v) is 6.85. The molecule has 0 amide bonds. The van der Waals surface area contributed by atoms with Crippen LogP contribution in [-0.2, 0) is 10.0 Å². The fourth-order valence-electron chi connectivity index (χ4n) is 4.41. The van der Waals surface area contributed by atoms with Gasteiger partial charge in [-0.25, -0.2) is 8.42 Å². The third-order valence-electron chi connectivity index (χ3n) is 6.24. The number of aromatic nitrogens is 2. The van der Waals surface area contributed by atoms with E-state index >= 15 is 0 Å². The molecule has 0 aliphatic carbocycles. The molecule has 0 aliphatic heterocycles. The average molecular weight is 527 g/mol. The van der Waals surface area contributed by atoms with Crippen LogP contribution in [-0.4, -0.2) is 35.6 Å². The van der Waals surface area contributed by atoms with Crippen LogP contribution in [0.2, 0.25) is 0 Å². The topological polar surface area (TPSA) is 113 Å². The van der Waals surface area contributed by atoms with Crippen molar-refractivity contribution >= 4 is 43.2 Å². The van der Waals surface area contributed by atoms with Crippen LogP contribution in [0, 0.1) is 6.92 Å². The monoisotopic (exact) mass is 526 g/mol.